The van der Waals surface area contributed by atoms with Crippen LogP contribution >= 0.6 is 0 Å². The Morgan fingerprint density at radius 1 is 1.28 bits per heavy atom. The molecule has 0 unspecified atom stereocenters. The first-order valence-corrected chi connectivity index (χ1v) is 8.45. The van der Waals surface area contributed by atoms with Crippen molar-refractivity contribution in [1.29, 1.82) is 0 Å². The summed E-state index contributed by atoms with van der Waals surface area (Å²) in [6, 6.07) is 7.66. The quantitative estimate of drug-likeness (QED) is 0.794. The molecule has 1 amide bonds. The van der Waals surface area contributed by atoms with Crippen molar-refractivity contribution in [3.63, 3.8) is 0 Å². The Labute approximate surface area is 145 Å². The molecular formula is C18H21N5O2. The molecule has 0 aliphatic carbocycles. The third-order valence-corrected chi connectivity index (χ3v) is 4.95. The minimum atomic E-state index is 0.0478. The van der Waals surface area contributed by atoms with E-state index in [1.165, 1.54) is 0 Å². The number of benzene rings is 1. The highest BCUT2D eigenvalue weighted by Gasteiger charge is 2.27. The van der Waals surface area contributed by atoms with Gasteiger partial charge in [0.05, 0.1) is 7.11 Å². The summed E-state index contributed by atoms with van der Waals surface area (Å²) in [7, 11) is 3.60. The molecule has 0 radical (unpaired) electrons. The second kappa shape index (κ2) is 6.23. The van der Waals surface area contributed by atoms with E-state index in [1.54, 1.807) is 13.4 Å². The first kappa shape index (κ1) is 15.7. The molecule has 0 spiro atoms. The summed E-state index contributed by atoms with van der Waals surface area (Å²) in [5.41, 5.74) is 1.57. The number of H-pyrrole nitrogens is 1. The molecule has 0 atom stereocenters. The molecule has 0 saturated carbocycles. The highest BCUT2D eigenvalue weighted by molar-refractivity contribution is 5.98. The zero-order chi connectivity index (χ0) is 17.4. The zero-order valence-electron chi connectivity index (χ0n) is 14.4. The van der Waals surface area contributed by atoms with Crippen LogP contribution in [-0.2, 0) is 7.05 Å². The monoisotopic (exact) mass is 339 g/mol. The van der Waals surface area contributed by atoms with Crippen LogP contribution in [0.1, 0.15) is 35.1 Å². The second-order valence-corrected chi connectivity index (χ2v) is 6.50. The molecule has 1 aromatic carbocycles. The van der Waals surface area contributed by atoms with Crippen molar-refractivity contribution in [2.24, 2.45) is 7.05 Å². The lowest BCUT2D eigenvalue weighted by molar-refractivity contribution is 0.0705. The van der Waals surface area contributed by atoms with Gasteiger partial charge < -0.3 is 19.2 Å². The van der Waals surface area contributed by atoms with E-state index in [0.29, 0.717) is 11.6 Å². The molecule has 4 rings (SSSR count). The largest absolute Gasteiger partial charge is 0.497 e. The number of hydrogen-bond donors (Lipinski definition) is 1. The first-order valence-electron chi connectivity index (χ1n) is 8.45. The molecule has 3 aromatic rings. The van der Waals surface area contributed by atoms with Crippen LogP contribution in [0, 0.1) is 0 Å². The van der Waals surface area contributed by atoms with Gasteiger partial charge in [-0.3, -0.25) is 4.79 Å². The van der Waals surface area contributed by atoms with Crippen molar-refractivity contribution >= 4 is 16.8 Å². The van der Waals surface area contributed by atoms with Crippen LogP contribution in [0.5, 0.6) is 5.75 Å². The van der Waals surface area contributed by atoms with Crippen LogP contribution in [0.25, 0.3) is 10.9 Å². The molecule has 7 heteroatoms. The molecule has 2 aromatic heterocycles. The fourth-order valence-electron chi connectivity index (χ4n) is 3.53. The van der Waals surface area contributed by atoms with Crippen LogP contribution in [0.2, 0.25) is 0 Å². The molecule has 7 nitrogen and oxygen atoms in total. The van der Waals surface area contributed by atoms with Crippen molar-refractivity contribution in [2.45, 2.75) is 18.8 Å². The SMILES string of the molecule is COc1ccc2[nH]c(C(=O)N3CCC(c4nncn4C)CC3)cc2c1. The van der Waals surface area contributed by atoms with Crippen molar-refractivity contribution in [3.8, 4) is 5.75 Å². The van der Waals surface area contributed by atoms with Gasteiger partial charge in [0.2, 0.25) is 0 Å². The van der Waals surface area contributed by atoms with Gasteiger partial charge in [-0.25, -0.2) is 0 Å². The highest BCUT2D eigenvalue weighted by atomic mass is 16.5. The van der Waals surface area contributed by atoms with Gasteiger partial charge in [-0.2, -0.15) is 0 Å². The fraction of sp³-hybridized carbons (Fsp3) is 0.389. The predicted octanol–water partition coefficient (Wildman–Crippen LogP) is 2.32. The predicted molar refractivity (Wildman–Crippen MR) is 93.7 cm³/mol. The third kappa shape index (κ3) is 2.86. The van der Waals surface area contributed by atoms with Gasteiger partial charge >= 0.3 is 0 Å². The van der Waals surface area contributed by atoms with Crippen LogP contribution in [0.4, 0.5) is 0 Å². The molecule has 1 fully saturated rings. The number of aromatic nitrogens is 4. The number of aromatic amines is 1. The minimum Gasteiger partial charge on any atom is -0.497 e. The smallest absolute Gasteiger partial charge is 0.270 e. The summed E-state index contributed by atoms with van der Waals surface area (Å²) < 4.78 is 7.21. The van der Waals surface area contributed by atoms with Gasteiger partial charge in [0.15, 0.2) is 0 Å². The molecular weight excluding hydrogens is 318 g/mol. The lowest BCUT2D eigenvalue weighted by Crippen LogP contribution is -2.38. The lowest BCUT2D eigenvalue weighted by Gasteiger charge is -2.31. The topological polar surface area (TPSA) is 76.0 Å². The molecule has 3 heterocycles. The number of ether oxygens (including phenoxy) is 1. The van der Waals surface area contributed by atoms with Crippen molar-refractivity contribution < 1.29 is 9.53 Å². The van der Waals surface area contributed by atoms with E-state index >= 15 is 0 Å². The number of aryl methyl sites for hydroxylation is 1. The highest BCUT2D eigenvalue weighted by Crippen LogP contribution is 2.28. The number of nitrogens with one attached hydrogen (secondary N) is 1. The number of likely N-dealkylation sites (tertiary alicyclic amines) is 1. The standard InChI is InChI=1S/C18H21N5O2/c1-22-11-19-21-17(22)12-5-7-23(8-6-12)18(24)16-10-13-9-14(25-2)3-4-15(13)20-16/h3-4,9-12,20H,5-8H2,1-2H3. The van der Waals surface area contributed by atoms with Crippen molar-refractivity contribution in [1.82, 2.24) is 24.6 Å². The molecule has 0 bridgehead atoms. The Bertz CT molecular complexity index is 905. The number of carbonyl (C=O) groups is 1. The molecule has 1 aliphatic heterocycles. The molecule has 1 N–H and O–H groups in total. The average molecular weight is 339 g/mol. The third-order valence-electron chi connectivity index (χ3n) is 4.95. The van der Waals surface area contributed by atoms with E-state index < -0.39 is 0 Å². The summed E-state index contributed by atoms with van der Waals surface area (Å²) in [5, 5.41) is 9.14. The number of carbonyl (C=O) groups excluding carboxylic acids is 1. The number of nitrogens with zero attached hydrogens (tertiary/aromatic N) is 4. The van der Waals surface area contributed by atoms with Gasteiger partial charge in [0, 0.05) is 37.0 Å². The van der Waals surface area contributed by atoms with E-state index in [0.717, 1.165) is 48.4 Å². The number of hydrogen-bond acceptors (Lipinski definition) is 4. The molecule has 1 saturated heterocycles. The van der Waals surface area contributed by atoms with E-state index in [1.807, 2.05) is 40.8 Å². The lowest BCUT2D eigenvalue weighted by atomic mass is 9.96. The molecule has 25 heavy (non-hydrogen) atoms. The number of methoxy groups -OCH3 is 1. The van der Waals surface area contributed by atoms with Crippen LogP contribution < -0.4 is 4.74 Å². The van der Waals surface area contributed by atoms with Crippen molar-refractivity contribution in [3.05, 3.63) is 42.1 Å². The number of piperidine rings is 1. The molecule has 1 aliphatic rings. The summed E-state index contributed by atoms with van der Waals surface area (Å²) in [4.78, 5) is 17.9. The maximum atomic E-state index is 12.8. The summed E-state index contributed by atoms with van der Waals surface area (Å²) in [5.74, 6) is 2.20. The van der Waals surface area contributed by atoms with E-state index in [2.05, 4.69) is 15.2 Å². The summed E-state index contributed by atoms with van der Waals surface area (Å²) in [6.45, 7) is 1.46. The Hall–Kier alpha value is -2.83. The number of fused-ring (bicyclic) bond motifs is 1. The maximum Gasteiger partial charge on any atom is 0.270 e. The van der Waals surface area contributed by atoms with Gasteiger partial charge in [0.25, 0.3) is 5.91 Å². The van der Waals surface area contributed by atoms with Crippen LogP contribution in [0.15, 0.2) is 30.6 Å². The summed E-state index contributed by atoms with van der Waals surface area (Å²) >= 11 is 0. The minimum absolute atomic E-state index is 0.0478. The Balaban J connectivity index is 1.48. The first-order chi connectivity index (χ1) is 12.2. The van der Waals surface area contributed by atoms with E-state index in [-0.39, 0.29) is 5.91 Å². The van der Waals surface area contributed by atoms with Crippen LogP contribution in [0.3, 0.4) is 0 Å². The van der Waals surface area contributed by atoms with E-state index in [9.17, 15) is 4.79 Å². The Morgan fingerprint density at radius 3 is 2.76 bits per heavy atom. The zero-order valence-corrected chi connectivity index (χ0v) is 14.4. The van der Waals surface area contributed by atoms with Gasteiger partial charge in [0.1, 0.15) is 23.6 Å². The number of rotatable bonds is 3. The summed E-state index contributed by atoms with van der Waals surface area (Å²) in [6.07, 6.45) is 3.55. The van der Waals surface area contributed by atoms with Gasteiger partial charge in [-0.1, -0.05) is 0 Å². The van der Waals surface area contributed by atoms with Crippen LogP contribution in [-0.4, -0.2) is 50.8 Å². The van der Waals surface area contributed by atoms with Gasteiger partial charge in [-0.15, -0.1) is 10.2 Å². The fourth-order valence-corrected chi connectivity index (χ4v) is 3.53. The Morgan fingerprint density at radius 2 is 2.08 bits per heavy atom. The Kier molecular flexibility index (Phi) is 3.91. The average Bonchev–Trinajstić information content (AvgIpc) is 3.26. The normalized spacial score (nSPS) is 15.7. The second-order valence-electron chi connectivity index (χ2n) is 6.50. The molecule has 130 valence electrons. The maximum absolute atomic E-state index is 12.8. The van der Waals surface area contributed by atoms with Gasteiger partial charge in [-0.05, 0) is 37.1 Å². The number of amides is 1. The van der Waals surface area contributed by atoms with E-state index in [4.69, 9.17) is 4.74 Å². The van der Waals surface area contributed by atoms with Crippen molar-refractivity contribution in [2.75, 3.05) is 20.2 Å².